The minimum atomic E-state index is 0. The maximum absolute atomic E-state index is 0. The summed E-state index contributed by atoms with van der Waals surface area (Å²) < 4.78 is 0. The first-order chi connectivity index (χ1) is 0. The van der Waals surface area contributed by atoms with Crippen molar-refractivity contribution in [2.45, 2.75) is 0 Å². The molecular formula is FeMoNiV. The van der Waals surface area contributed by atoms with Gasteiger partial charge in [0.2, 0.25) is 0 Å². The number of hydrogen-bond acceptors (Lipinski definition) is 0. The molecule has 29 valence electrons. The van der Waals surface area contributed by atoms with Crippen molar-refractivity contribution in [2.24, 2.45) is 0 Å². The van der Waals surface area contributed by atoms with Crippen molar-refractivity contribution in [2.75, 3.05) is 0 Å². The predicted molar refractivity (Wildman–Crippen MR) is 0 cm³/mol. The molecule has 0 aromatic rings. The third-order valence-electron chi connectivity index (χ3n) is 0. The average Bonchev–Trinajstić information content (AvgIpc) is 0. The predicted octanol–water partition coefficient (Wildman–Crippen LogP) is -0.0100. The van der Waals surface area contributed by atoms with Crippen LogP contribution in [0.1, 0.15) is 0 Å². The van der Waals surface area contributed by atoms with Crippen LogP contribution in [-0.2, 0) is 73.2 Å². The summed E-state index contributed by atoms with van der Waals surface area (Å²) in [5, 5.41) is 0. The zero-order chi connectivity index (χ0) is 0. The quantitative estimate of drug-likeness (QED) is 0.538. The van der Waals surface area contributed by atoms with Crippen molar-refractivity contribution in [3.05, 3.63) is 0 Å². The molecule has 0 unspecified atom stereocenters. The molecule has 0 aliphatic carbocycles. The Kier molecular flexibility index (Phi) is 156. The summed E-state index contributed by atoms with van der Waals surface area (Å²) in [7, 11) is 0. The van der Waals surface area contributed by atoms with E-state index in [2.05, 4.69) is 0 Å². The SMILES string of the molecule is [Fe].[Mo].[Ni].[V]. The molecule has 0 amide bonds. The Bertz CT molecular complexity index is 8.00. The summed E-state index contributed by atoms with van der Waals surface area (Å²) in [5.41, 5.74) is 0. The van der Waals surface area contributed by atoms with Gasteiger partial charge in [0.15, 0.2) is 0 Å². The van der Waals surface area contributed by atoms with Crippen molar-refractivity contribution in [3.63, 3.8) is 0 Å². The largest absolute Gasteiger partial charge is 0 e. The minimum Gasteiger partial charge on any atom is 0 e. The summed E-state index contributed by atoms with van der Waals surface area (Å²) in [6, 6.07) is 0. The van der Waals surface area contributed by atoms with Crippen LogP contribution in [0.2, 0.25) is 0 Å². The van der Waals surface area contributed by atoms with E-state index in [1.165, 1.54) is 0 Å². The van der Waals surface area contributed by atoms with Crippen LogP contribution in [0.15, 0.2) is 0 Å². The van der Waals surface area contributed by atoms with Crippen LogP contribution in [0.4, 0.5) is 0 Å². The Labute approximate surface area is 72.4 Å². The molecule has 1 radical (unpaired) electrons. The maximum atomic E-state index is 0. The zero-order valence-electron chi connectivity index (χ0n) is 1.53. The van der Waals surface area contributed by atoms with Crippen LogP contribution >= 0.6 is 0 Å². The van der Waals surface area contributed by atoms with Gasteiger partial charge in [0.05, 0.1) is 0 Å². The third kappa shape index (κ3) is 8.86. The van der Waals surface area contributed by atoms with Gasteiger partial charge in [-0.1, -0.05) is 0 Å². The second-order valence-corrected chi connectivity index (χ2v) is 0. The monoisotopic (exact) mass is 263 g/mol. The Hall–Kier alpha value is 2.29. The summed E-state index contributed by atoms with van der Waals surface area (Å²) in [5.74, 6) is 0. The fourth-order valence-electron chi connectivity index (χ4n) is 0. The molecule has 0 spiro atoms. The standard InChI is InChI=1S/Fe.Mo.Ni.V. The Morgan fingerprint density at radius 1 is 1.00 bits per heavy atom. The maximum Gasteiger partial charge on any atom is 0 e. The Morgan fingerprint density at radius 3 is 1.00 bits per heavy atom. The molecule has 0 aliphatic heterocycles. The van der Waals surface area contributed by atoms with Crippen molar-refractivity contribution < 1.29 is 73.2 Å². The van der Waals surface area contributed by atoms with Crippen molar-refractivity contribution >= 4 is 0 Å². The van der Waals surface area contributed by atoms with Gasteiger partial charge in [0, 0.05) is 73.2 Å². The van der Waals surface area contributed by atoms with Crippen LogP contribution in [0.25, 0.3) is 0 Å². The fraction of sp³-hybridized carbons (Fsp3) is 0. The van der Waals surface area contributed by atoms with Crippen LogP contribution in [0.5, 0.6) is 0 Å². The van der Waals surface area contributed by atoms with Crippen molar-refractivity contribution in [1.82, 2.24) is 0 Å². The van der Waals surface area contributed by atoms with Gasteiger partial charge in [-0.05, 0) is 0 Å². The summed E-state index contributed by atoms with van der Waals surface area (Å²) in [6.45, 7) is 0. The molecule has 0 aliphatic rings. The molecule has 0 aromatic carbocycles. The number of rotatable bonds is 0. The molecule has 0 saturated heterocycles. The summed E-state index contributed by atoms with van der Waals surface area (Å²) >= 11 is 0. The molecule has 0 saturated carbocycles. The molecule has 4 heavy (non-hydrogen) atoms. The van der Waals surface area contributed by atoms with Crippen LogP contribution in [-0.4, -0.2) is 0 Å². The molecule has 0 fully saturated rings. The molecule has 0 N–H and O–H groups in total. The van der Waals surface area contributed by atoms with Gasteiger partial charge >= 0.3 is 0 Å². The van der Waals surface area contributed by atoms with Gasteiger partial charge in [-0.2, -0.15) is 0 Å². The first-order valence-electron chi connectivity index (χ1n) is 0. The second-order valence-electron chi connectivity index (χ2n) is 0. The molecule has 0 heterocycles. The van der Waals surface area contributed by atoms with E-state index in [-0.39, 0.29) is 73.2 Å². The van der Waals surface area contributed by atoms with Gasteiger partial charge in [-0.3, -0.25) is 0 Å². The van der Waals surface area contributed by atoms with E-state index >= 15 is 0 Å². The van der Waals surface area contributed by atoms with Gasteiger partial charge in [0.1, 0.15) is 0 Å². The molecule has 0 nitrogen and oxygen atoms in total. The zero-order valence-corrected chi connectivity index (χ0v) is 7.02. The van der Waals surface area contributed by atoms with Gasteiger partial charge in [-0.15, -0.1) is 0 Å². The van der Waals surface area contributed by atoms with Gasteiger partial charge in [0.25, 0.3) is 0 Å². The normalized spacial score (nSPS) is 0. The average molecular weight is 261 g/mol. The molecule has 0 rings (SSSR count). The van der Waals surface area contributed by atoms with E-state index in [9.17, 15) is 0 Å². The van der Waals surface area contributed by atoms with E-state index in [0.29, 0.717) is 0 Å². The first kappa shape index (κ1) is 33.6. The second kappa shape index (κ2) is 18.6. The van der Waals surface area contributed by atoms with E-state index in [0.717, 1.165) is 0 Å². The smallest absolute Gasteiger partial charge is 0 e. The van der Waals surface area contributed by atoms with Gasteiger partial charge < -0.3 is 0 Å². The Balaban J connectivity index is 0. The van der Waals surface area contributed by atoms with Gasteiger partial charge in [-0.25, -0.2) is 0 Å². The summed E-state index contributed by atoms with van der Waals surface area (Å²) in [4.78, 5) is 0. The minimum absolute atomic E-state index is 0. The molecule has 0 bridgehead atoms. The topological polar surface area (TPSA) is 0 Å². The van der Waals surface area contributed by atoms with E-state index in [4.69, 9.17) is 0 Å². The molecule has 4 heteroatoms. The van der Waals surface area contributed by atoms with Crippen LogP contribution in [0.3, 0.4) is 0 Å². The van der Waals surface area contributed by atoms with Crippen LogP contribution < -0.4 is 0 Å². The molecule has 0 aromatic heterocycles. The van der Waals surface area contributed by atoms with Crippen LogP contribution in [0, 0.1) is 0 Å². The molecule has 0 atom stereocenters. The van der Waals surface area contributed by atoms with E-state index in [1.807, 2.05) is 0 Å². The fourth-order valence-corrected chi connectivity index (χ4v) is 0. The number of hydrogen-bond donors (Lipinski definition) is 0. The van der Waals surface area contributed by atoms with Crippen molar-refractivity contribution in [1.29, 1.82) is 0 Å². The van der Waals surface area contributed by atoms with Crippen molar-refractivity contribution in [3.8, 4) is 0 Å². The third-order valence-corrected chi connectivity index (χ3v) is 0. The summed E-state index contributed by atoms with van der Waals surface area (Å²) in [6.07, 6.45) is 0. The van der Waals surface area contributed by atoms with E-state index in [1.54, 1.807) is 0 Å². The van der Waals surface area contributed by atoms with E-state index < -0.39 is 0 Å². The molecular weight excluding hydrogens is 261 g/mol. The first-order valence-corrected chi connectivity index (χ1v) is 0. The Morgan fingerprint density at radius 2 is 1.00 bits per heavy atom.